The molecule has 0 bridgehead atoms. The van der Waals surface area contributed by atoms with Crippen molar-refractivity contribution in [2.75, 3.05) is 0 Å². The molecule has 2 heteroatoms. The minimum Gasteiger partial charge on any atom is -0.462 e. The van der Waals surface area contributed by atoms with Gasteiger partial charge in [-0.05, 0) is 43.9 Å². The zero-order chi connectivity index (χ0) is 23.3. The fourth-order valence-corrected chi connectivity index (χ4v) is 4.36. The lowest BCUT2D eigenvalue weighted by atomic mass is 9.88. The molecule has 0 spiro atoms. The van der Waals surface area contributed by atoms with Gasteiger partial charge in [-0.25, -0.2) is 0 Å². The summed E-state index contributed by atoms with van der Waals surface area (Å²) in [6, 6.07) is 0. The van der Waals surface area contributed by atoms with Gasteiger partial charge in [0.25, 0.3) is 0 Å². The number of ether oxygens (including phenoxy) is 1. The predicted octanol–water partition coefficient (Wildman–Crippen LogP) is 9.89. The lowest BCUT2D eigenvalue weighted by Crippen LogP contribution is -2.25. The van der Waals surface area contributed by atoms with E-state index in [2.05, 4.69) is 41.5 Å². The summed E-state index contributed by atoms with van der Waals surface area (Å²) in [6.45, 7) is 13.5. The Kier molecular flexibility index (Phi) is 21.0. The van der Waals surface area contributed by atoms with Crippen molar-refractivity contribution < 1.29 is 9.53 Å². The highest BCUT2D eigenvalue weighted by atomic mass is 16.5. The molecule has 0 aliphatic carbocycles. The van der Waals surface area contributed by atoms with Crippen LogP contribution in [0, 0.1) is 17.8 Å². The van der Waals surface area contributed by atoms with E-state index < -0.39 is 0 Å². The summed E-state index contributed by atoms with van der Waals surface area (Å²) >= 11 is 0. The second-order valence-corrected chi connectivity index (χ2v) is 10.9. The number of hydrogen-bond acceptors (Lipinski definition) is 2. The number of carbonyl (C=O) groups excluding carboxylic acids is 1. The van der Waals surface area contributed by atoms with Crippen LogP contribution in [0.5, 0.6) is 0 Å². The molecule has 0 heterocycles. The van der Waals surface area contributed by atoms with E-state index in [0.717, 1.165) is 18.3 Å². The summed E-state index contributed by atoms with van der Waals surface area (Å²) in [4.78, 5) is 12.3. The Hall–Kier alpha value is -0.530. The smallest absolute Gasteiger partial charge is 0.306 e. The second kappa shape index (κ2) is 21.3. The summed E-state index contributed by atoms with van der Waals surface area (Å²) in [5.74, 6) is 1.97. The number of esters is 1. The molecule has 0 saturated carbocycles. The summed E-state index contributed by atoms with van der Waals surface area (Å²) < 4.78 is 5.85. The predicted molar refractivity (Wildman–Crippen MR) is 138 cm³/mol. The van der Waals surface area contributed by atoms with E-state index in [1.54, 1.807) is 0 Å². The van der Waals surface area contributed by atoms with Crippen LogP contribution in [-0.2, 0) is 9.53 Å². The minimum atomic E-state index is 0.0228. The van der Waals surface area contributed by atoms with Gasteiger partial charge in [0.15, 0.2) is 0 Å². The van der Waals surface area contributed by atoms with Crippen molar-refractivity contribution in [2.45, 2.75) is 163 Å². The van der Waals surface area contributed by atoms with Gasteiger partial charge in [-0.1, -0.05) is 125 Å². The molecular formula is C29H58O2. The zero-order valence-corrected chi connectivity index (χ0v) is 22.4. The lowest BCUT2D eigenvalue weighted by Gasteiger charge is -2.25. The van der Waals surface area contributed by atoms with Crippen LogP contribution in [0.4, 0.5) is 0 Å². The molecule has 0 fully saturated rings. The Bertz CT molecular complexity index is 376. The molecule has 0 N–H and O–H groups in total. The normalized spacial score (nSPS) is 12.8. The molecule has 0 aromatic heterocycles. The maximum atomic E-state index is 12.3. The topological polar surface area (TPSA) is 26.3 Å². The van der Waals surface area contributed by atoms with Crippen LogP contribution >= 0.6 is 0 Å². The molecule has 0 aromatic rings. The molecule has 31 heavy (non-hydrogen) atoms. The summed E-state index contributed by atoms with van der Waals surface area (Å²) in [5.41, 5.74) is 0. The lowest BCUT2D eigenvalue weighted by molar-refractivity contribution is -0.151. The highest BCUT2D eigenvalue weighted by Crippen LogP contribution is 2.25. The van der Waals surface area contributed by atoms with E-state index >= 15 is 0 Å². The van der Waals surface area contributed by atoms with Gasteiger partial charge in [0.2, 0.25) is 0 Å². The molecule has 1 unspecified atom stereocenters. The Morgan fingerprint density at radius 2 is 0.968 bits per heavy atom. The highest BCUT2D eigenvalue weighted by Gasteiger charge is 2.21. The van der Waals surface area contributed by atoms with Crippen molar-refractivity contribution in [3.63, 3.8) is 0 Å². The number of hydrogen-bond donors (Lipinski definition) is 0. The Morgan fingerprint density at radius 3 is 1.35 bits per heavy atom. The molecule has 1 atom stereocenters. The Labute approximate surface area is 196 Å². The average molecular weight is 439 g/mol. The van der Waals surface area contributed by atoms with E-state index in [9.17, 15) is 4.79 Å². The number of rotatable bonds is 22. The van der Waals surface area contributed by atoms with Crippen LogP contribution in [0.2, 0.25) is 0 Å². The van der Waals surface area contributed by atoms with Gasteiger partial charge in [-0.3, -0.25) is 4.79 Å². The van der Waals surface area contributed by atoms with Crippen LogP contribution in [0.3, 0.4) is 0 Å². The van der Waals surface area contributed by atoms with Crippen molar-refractivity contribution in [2.24, 2.45) is 17.8 Å². The molecule has 0 saturated heterocycles. The molecular weight excluding hydrogens is 380 g/mol. The van der Waals surface area contributed by atoms with E-state index in [1.165, 1.54) is 103 Å². The van der Waals surface area contributed by atoms with Crippen LogP contribution in [0.15, 0.2) is 0 Å². The van der Waals surface area contributed by atoms with Gasteiger partial charge in [-0.2, -0.15) is 0 Å². The van der Waals surface area contributed by atoms with Gasteiger partial charge >= 0.3 is 5.97 Å². The molecule has 0 radical (unpaired) electrons. The summed E-state index contributed by atoms with van der Waals surface area (Å²) in [7, 11) is 0. The fraction of sp³-hybridized carbons (Fsp3) is 0.966. The van der Waals surface area contributed by atoms with Crippen molar-refractivity contribution in [3.05, 3.63) is 0 Å². The first-order chi connectivity index (χ1) is 14.9. The molecule has 0 aliphatic rings. The van der Waals surface area contributed by atoms with E-state index in [4.69, 9.17) is 4.74 Å². The van der Waals surface area contributed by atoms with Crippen molar-refractivity contribution in [1.82, 2.24) is 0 Å². The third kappa shape index (κ3) is 21.1. The molecule has 0 aromatic carbocycles. The zero-order valence-electron chi connectivity index (χ0n) is 22.4. The van der Waals surface area contributed by atoms with Crippen LogP contribution in [0.1, 0.15) is 157 Å². The largest absolute Gasteiger partial charge is 0.462 e. The minimum absolute atomic E-state index is 0.0228. The molecule has 0 aliphatic heterocycles. The molecule has 186 valence electrons. The first-order valence-corrected chi connectivity index (χ1v) is 14.1. The van der Waals surface area contributed by atoms with Crippen molar-refractivity contribution in [1.29, 1.82) is 0 Å². The standard InChI is InChI=1S/C29H58O2/c1-7-8-9-10-11-12-13-14-15-16-17-18-19-20-29(30)31-27(6)28(23-21-25(2)3)24-22-26(4)5/h25-28H,7-24H2,1-6H3. The first kappa shape index (κ1) is 30.5. The number of carbonyl (C=O) groups is 1. The fourth-order valence-electron chi connectivity index (χ4n) is 4.36. The van der Waals surface area contributed by atoms with Gasteiger partial charge in [0.05, 0.1) is 0 Å². The van der Waals surface area contributed by atoms with Gasteiger partial charge < -0.3 is 4.74 Å². The van der Waals surface area contributed by atoms with Gasteiger partial charge in [-0.15, -0.1) is 0 Å². The van der Waals surface area contributed by atoms with Crippen LogP contribution in [0.25, 0.3) is 0 Å². The van der Waals surface area contributed by atoms with Crippen molar-refractivity contribution in [3.8, 4) is 0 Å². The first-order valence-electron chi connectivity index (χ1n) is 14.1. The summed E-state index contributed by atoms with van der Waals surface area (Å²) in [5, 5.41) is 0. The maximum Gasteiger partial charge on any atom is 0.306 e. The third-order valence-electron chi connectivity index (χ3n) is 6.70. The van der Waals surface area contributed by atoms with Gasteiger partial charge in [0.1, 0.15) is 6.10 Å². The Morgan fingerprint density at radius 1 is 0.581 bits per heavy atom. The third-order valence-corrected chi connectivity index (χ3v) is 6.70. The van der Waals surface area contributed by atoms with Gasteiger partial charge in [0, 0.05) is 6.42 Å². The molecule has 0 amide bonds. The van der Waals surface area contributed by atoms with Crippen LogP contribution in [-0.4, -0.2) is 12.1 Å². The molecule has 2 nitrogen and oxygen atoms in total. The number of unbranched alkanes of at least 4 members (excludes halogenated alkanes) is 12. The second-order valence-electron chi connectivity index (χ2n) is 10.9. The van der Waals surface area contributed by atoms with Crippen LogP contribution < -0.4 is 0 Å². The highest BCUT2D eigenvalue weighted by molar-refractivity contribution is 5.69. The molecule has 0 rings (SSSR count). The monoisotopic (exact) mass is 438 g/mol. The Balaban J connectivity index is 3.76. The maximum absolute atomic E-state index is 12.3. The summed E-state index contributed by atoms with van der Waals surface area (Å²) in [6.07, 6.45) is 22.8. The van der Waals surface area contributed by atoms with E-state index in [0.29, 0.717) is 12.3 Å². The van der Waals surface area contributed by atoms with E-state index in [-0.39, 0.29) is 12.1 Å². The SMILES string of the molecule is CCCCCCCCCCCCCCCC(=O)OC(C)C(CCC(C)C)CCC(C)C. The average Bonchev–Trinajstić information content (AvgIpc) is 2.70. The quantitative estimate of drug-likeness (QED) is 0.124. The van der Waals surface area contributed by atoms with E-state index in [1.807, 2.05) is 0 Å². The van der Waals surface area contributed by atoms with Crippen molar-refractivity contribution >= 4 is 5.97 Å².